The molecule has 0 aliphatic heterocycles. The fraction of sp³-hybridized carbons (Fsp3) is 0.300. The van der Waals surface area contributed by atoms with Crippen LogP contribution in [0.15, 0.2) is 23.8 Å². The Kier molecular flexibility index (Phi) is 2.84. The van der Waals surface area contributed by atoms with Gasteiger partial charge in [0.1, 0.15) is 0 Å². The number of aromatic amines is 1. The summed E-state index contributed by atoms with van der Waals surface area (Å²) in [6.45, 7) is 3.09. The lowest BCUT2D eigenvalue weighted by molar-refractivity contribution is 0.688. The Morgan fingerprint density at radius 1 is 1.57 bits per heavy atom. The first-order valence-corrected chi connectivity index (χ1v) is 5.82. The Balaban J connectivity index is 2.01. The number of nitrogens with one attached hydrogen (secondary N) is 1. The lowest BCUT2D eigenvalue weighted by Crippen LogP contribution is -1.98. The van der Waals surface area contributed by atoms with E-state index in [1.807, 2.05) is 12.4 Å². The summed E-state index contributed by atoms with van der Waals surface area (Å²) in [4.78, 5) is 4.36. The van der Waals surface area contributed by atoms with Crippen molar-refractivity contribution in [1.82, 2.24) is 9.55 Å². The molecule has 74 valence electrons. The fourth-order valence-electron chi connectivity index (χ4n) is 1.40. The van der Waals surface area contributed by atoms with Crippen LogP contribution < -0.4 is 0 Å². The Hall–Kier alpha value is -0.870. The van der Waals surface area contributed by atoms with Crippen molar-refractivity contribution in [3.63, 3.8) is 0 Å². The lowest BCUT2D eigenvalue weighted by Gasteiger charge is -1.99. The molecule has 0 saturated carbocycles. The SMILES string of the molecule is Cc1cc(CCn2cc[nH]c2=S)cs1. The smallest absolute Gasteiger partial charge is 0.177 e. The van der Waals surface area contributed by atoms with E-state index in [9.17, 15) is 0 Å². The minimum Gasteiger partial charge on any atom is -0.337 e. The summed E-state index contributed by atoms with van der Waals surface area (Å²) in [6.07, 6.45) is 4.92. The number of H-pyrrole nitrogens is 1. The third-order valence-electron chi connectivity index (χ3n) is 2.15. The number of hydrogen-bond acceptors (Lipinski definition) is 2. The van der Waals surface area contributed by atoms with Gasteiger partial charge in [0.25, 0.3) is 0 Å². The third kappa shape index (κ3) is 2.13. The molecule has 0 aliphatic rings. The first-order valence-electron chi connectivity index (χ1n) is 4.53. The van der Waals surface area contributed by atoms with Crippen LogP contribution in [0.4, 0.5) is 0 Å². The van der Waals surface area contributed by atoms with Gasteiger partial charge < -0.3 is 9.55 Å². The standard InChI is InChI=1S/C10H12N2S2/c1-8-6-9(7-14-8)2-4-12-5-3-11-10(12)13/h3,5-7H,2,4H2,1H3,(H,11,13). The van der Waals surface area contributed by atoms with Crippen molar-refractivity contribution in [1.29, 1.82) is 0 Å². The number of thiophene rings is 1. The van der Waals surface area contributed by atoms with Crippen LogP contribution in [0.25, 0.3) is 0 Å². The molecule has 0 bridgehead atoms. The molecule has 0 radical (unpaired) electrons. The molecular formula is C10H12N2S2. The number of rotatable bonds is 3. The van der Waals surface area contributed by atoms with Gasteiger partial charge in [0.2, 0.25) is 0 Å². The number of nitrogens with zero attached hydrogens (tertiary/aromatic N) is 1. The van der Waals surface area contributed by atoms with Gasteiger partial charge >= 0.3 is 0 Å². The van der Waals surface area contributed by atoms with Crippen LogP contribution in [0.5, 0.6) is 0 Å². The monoisotopic (exact) mass is 224 g/mol. The Morgan fingerprint density at radius 3 is 3.00 bits per heavy atom. The highest BCUT2D eigenvalue weighted by Gasteiger charge is 1.97. The van der Waals surface area contributed by atoms with Crippen molar-refractivity contribution < 1.29 is 0 Å². The molecule has 14 heavy (non-hydrogen) atoms. The van der Waals surface area contributed by atoms with Crippen molar-refractivity contribution >= 4 is 23.6 Å². The van der Waals surface area contributed by atoms with Gasteiger partial charge in [-0.3, -0.25) is 0 Å². The average Bonchev–Trinajstić information content (AvgIpc) is 2.72. The molecule has 1 N–H and O–H groups in total. The molecule has 0 spiro atoms. The molecule has 0 amide bonds. The van der Waals surface area contributed by atoms with Gasteiger partial charge in [-0.1, -0.05) is 0 Å². The predicted octanol–water partition coefficient (Wildman–Crippen LogP) is 3.16. The molecule has 0 fully saturated rings. The number of hydrogen-bond donors (Lipinski definition) is 1. The molecule has 2 nitrogen and oxygen atoms in total. The van der Waals surface area contributed by atoms with Gasteiger partial charge in [0.15, 0.2) is 4.77 Å². The zero-order valence-electron chi connectivity index (χ0n) is 7.99. The molecule has 4 heteroatoms. The molecule has 2 aromatic heterocycles. The van der Waals surface area contributed by atoms with Crippen LogP contribution in [-0.4, -0.2) is 9.55 Å². The van der Waals surface area contributed by atoms with Crippen molar-refractivity contribution in [3.05, 3.63) is 39.1 Å². The normalized spacial score (nSPS) is 10.6. The summed E-state index contributed by atoms with van der Waals surface area (Å²) in [5.74, 6) is 0. The summed E-state index contributed by atoms with van der Waals surface area (Å²) in [6, 6.07) is 2.24. The zero-order chi connectivity index (χ0) is 9.97. The number of aromatic nitrogens is 2. The number of aryl methyl sites for hydroxylation is 3. The van der Waals surface area contributed by atoms with Gasteiger partial charge in [0.05, 0.1) is 0 Å². The Labute approximate surface area is 92.2 Å². The third-order valence-corrected chi connectivity index (χ3v) is 3.41. The zero-order valence-corrected chi connectivity index (χ0v) is 9.62. The van der Waals surface area contributed by atoms with E-state index in [0.717, 1.165) is 17.7 Å². The second-order valence-electron chi connectivity index (χ2n) is 3.27. The molecule has 0 aromatic carbocycles. The van der Waals surface area contributed by atoms with Gasteiger partial charge in [-0.25, -0.2) is 0 Å². The van der Waals surface area contributed by atoms with Crippen LogP contribution >= 0.6 is 23.6 Å². The largest absolute Gasteiger partial charge is 0.337 e. The molecule has 0 aliphatic carbocycles. The summed E-state index contributed by atoms with van der Waals surface area (Å²) < 4.78 is 2.86. The van der Waals surface area contributed by atoms with Gasteiger partial charge in [-0.2, -0.15) is 0 Å². The summed E-state index contributed by atoms with van der Waals surface area (Å²) in [5, 5.41) is 2.21. The highest BCUT2D eigenvalue weighted by atomic mass is 32.1. The van der Waals surface area contributed by atoms with Crippen molar-refractivity contribution in [2.75, 3.05) is 0 Å². The van der Waals surface area contributed by atoms with E-state index in [2.05, 4.69) is 27.9 Å². The molecular weight excluding hydrogens is 212 g/mol. The first-order chi connectivity index (χ1) is 6.75. The molecule has 0 saturated heterocycles. The van der Waals surface area contributed by atoms with Crippen LogP contribution in [0.1, 0.15) is 10.4 Å². The van der Waals surface area contributed by atoms with Gasteiger partial charge in [-0.15, -0.1) is 11.3 Å². The van der Waals surface area contributed by atoms with Gasteiger partial charge in [0, 0.05) is 23.8 Å². The van der Waals surface area contributed by atoms with Crippen LogP contribution in [0.3, 0.4) is 0 Å². The highest BCUT2D eigenvalue weighted by molar-refractivity contribution is 7.71. The molecule has 2 rings (SSSR count). The second kappa shape index (κ2) is 4.11. The van der Waals surface area contributed by atoms with E-state index in [1.54, 1.807) is 11.3 Å². The maximum Gasteiger partial charge on any atom is 0.177 e. The lowest BCUT2D eigenvalue weighted by atomic mass is 10.2. The van der Waals surface area contributed by atoms with E-state index in [1.165, 1.54) is 10.4 Å². The maximum absolute atomic E-state index is 5.12. The molecule has 0 unspecified atom stereocenters. The highest BCUT2D eigenvalue weighted by Crippen LogP contribution is 2.14. The Bertz CT molecular complexity index is 464. The average molecular weight is 224 g/mol. The second-order valence-corrected chi connectivity index (χ2v) is 4.78. The Morgan fingerprint density at radius 2 is 2.43 bits per heavy atom. The van der Waals surface area contributed by atoms with Crippen molar-refractivity contribution in [3.8, 4) is 0 Å². The van der Waals surface area contributed by atoms with E-state index in [4.69, 9.17) is 12.2 Å². The van der Waals surface area contributed by atoms with Crippen LogP contribution in [0, 0.1) is 11.7 Å². The topological polar surface area (TPSA) is 20.7 Å². The quantitative estimate of drug-likeness (QED) is 0.794. The minimum absolute atomic E-state index is 0.803. The number of imidazole rings is 1. The van der Waals surface area contributed by atoms with Crippen molar-refractivity contribution in [2.45, 2.75) is 19.9 Å². The van der Waals surface area contributed by atoms with Gasteiger partial charge in [-0.05, 0) is 42.6 Å². The predicted molar refractivity (Wildman–Crippen MR) is 62.4 cm³/mol. The first kappa shape index (κ1) is 9.68. The summed E-state index contributed by atoms with van der Waals surface area (Å²) in [7, 11) is 0. The summed E-state index contributed by atoms with van der Waals surface area (Å²) in [5.41, 5.74) is 1.40. The molecule has 0 atom stereocenters. The van der Waals surface area contributed by atoms with Crippen LogP contribution in [-0.2, 0) is 13.0 Å². The maximum atomic E-state index is 5.12. The van der Waals surface area contributed by atoms with E-state index in [0.29, 0.717) is 0 Å². The molecule has 2 heterocycles. The minimum atomic E-state index is 0.803. The van der Waals surface area contributed by atoms with E-state index < -0.39 is 0 Å². The summed E-state index contributed by atoms with van der Waals surface area (Å²) >= 11 is 6.92. The van der Waals surface area contributed by atoms with Crippen molar-refractivity contribution in [2.24, 2.45) is 0 Å². The molecule has 2 aromatic rings. The van der Waals surface area contributed by atoms with E-state index >= 15 is 0 Å². The fourth-order valence-corrected chi connectivity index (χ4v) is 2.37. The van der Waals surface area contributed by atoms with E-state index in [-0.39, 0.29) is 0 Å². The van der Waals surface area contributed by atoms with Crippen LogP contribution in [0.2, 0.25) is 0 Å².